The molecule has 7 nitrogen and oxygen atoms in total. The second-order valence-electron chi connectivity index (χ2n) is 6.72. The summed E-state index contributed by atoms with van der Waals surface area (Å²) in [5.41, 5.74) is 2.20. The minimum absolute atomic E-state index is 0.130. The van der Waals surface area contributed by atoms with Crippen LogP contribution in [0.1, 0.15) is 17.2 Å². The molecule has 2 rings (SSSR count). The maximum absolute atomic E-state index is 5.53. The highest BCUT2D eigenvalue weighted by atomic mass is 16.5. The first-order chi connectivity index (χ1) is 14.0. The highest BCUT2D eigenvalue weighted by molar-refractivity contribution is 5.79. The van der Waals surface area contributed by atoms with Gasteiger partial charge in [0, 0.05) is 25.7 Å². The van der Waals surface area contributed by atoms with Gasteiger partial charge < -0.3 is 29.7 Å². The lowest BCUT2D eigenvalue weighted by Gasteiger charge is -2.27. The molecule has 0 saturated carbocycles. The minimum atomic E-state index is 0.130. The van der Waals surface area contributed by atoms with Gasteiger partial charge >= 0.3 is 0 Å². The van der Waals surface area contributed by atoms with Gasteiger partial charge in [0.25, 0.3) is 0 Å². The molecule has 0 spiro atoms. The summed E-state index contributed by atoms with van der Waals surface area (Å²) in [6, 6.07) is 14.1. The van der Waals surface area contributed by atoms with Crippen molar-refractivity contribution in [3.8, 4) is 17.2 Å². The van der Waals surface area contributed by atoms with Crippen molar-refractivity contribution in [3.05, 3.63) is 53.6 Å². The first kappa shape index (κ1) is 22.4. The van der Waals surface area contributed by atoms with Gasteiger partial charge in [-0.2, -0.15) is 0 Å². The Kier molecular flexibility index (Phi) is 8.61. The lowest BCUT2D eigenvalue weighted by atomic mass is 10.0. The summed E-state index contributed by atoms with van der Waals surface area (Å²) in [7, 11) is 10.8. The van der Waals surface area contributed by atoms with Crippen LogP contribution in [0.4, 0.5) is 0 Å². The summed E-state index contributed by atoms with van der Waals surface area (Å²) >= 11 is 0. The molecule has 0 fully saturated rings. The topological polar surface area (TPSA) is 67.4 Å². The van der Waals surface area contributed by atoms with Gasteiger partial charge in [-0.15, -0.1) is 0 Å². The molecule has 0 heterocycles. The molecule has 2 aromatic carbocycles. The van der Waals surface area contributed by atoms with E-state index in [0.29, 0.717) is 24.6 Å². The number of aliphatic imine (C=N–C) groups is 1. The van der Waals surface area contributed by atoms with Crippen molar-refractivity contribution in [1.82, 2.24) is 15.5 Å². The van der Waals surface area contributed by atoms with Gasteiger partial charge in [-0.05, 0) is 37.9 Å². The molecule has 0 radical (unpaired) electrons. The average Bonchev–Trinajstić information content (AvgIpc) is 2.75. The number of rotatable bonds is 9. The Morgan fingerprint density at radius 3 is 2.24 bits per heavy atom. The zero-order valence-electron chi connectivity index (χ0n) is 18.2. The number of hydrogen-bond donors (Lipinski definition) is 2. The molecule has 0 bridgehead atoms. The highest BCUT2D eigenvalue weighted by Crippen LogP contribution is 2.28. The Morgan fingerprint density at radius 2 is 1.62 bits per heavy atom. The van der Waals surface area contributed by atoms with Crippen molar-refractivity contribution < 1.29 is 14.2 Å². The van der Waals surface area contributed by atoms with E-state index in [-0.39, 0.29) is 6.04 Å². The van der Waals surface area contributed by atoms with Crippen LogP contribution in [-0.4, -0.2) is 59.9 Å². The zero-order valence-corrected chi connectivity index (χ0v) is 18.2. The summed E-state index contributed by atoms with van der Waals surface area (Å²) in [5, 5.41) is 6.75. The Bertz CT molecular complexity index is 808. The van der Waals surface area contributed by atoms with E-state index in [1.165, 1.54) is 0 Å². The molecular formula is C22H32N4O3. The van der Waals surface area contributed by atoms with E-state index in [1.54, 1.807) is 28.4 Å². The van der Waals surface area contributed by atoms with E-state index < -0.39 is 0 Å². The normalized spacial score (nSPS) is 12.4. The van der Waals surface area contributed by atoms with Crippen LogP contribution in [0.5, 0.6) is 17.2 Å². The number of nitrogens with one attached hydrogen (secondary N) is 2. The molecular weight excluding hydrogens is 368 g/mol. The lowest BCUT2D eigenvalue weighted by Crippen LogP contribution is -2.41. The van der Waals surface area contributed by atoms with Crippen molar-refractivity contribution >= 4 is 5.96 Å². The summed E-state index contributed by atoms with van der Waals surface area (Å²) in [6.45, 7) is 1.29. The second kappa shape index (κ2) is 11.2. The van der Waals surface area contributed by atoms with Gasteiger partial charge in [0.05, 0.1) is 27.4 Å². The summed E-state index contributed by atoms with van der Waals surface area (Å²) in [4.78, 5) is 6.49. The van der Waals surface area contributed by atoms with Crippen LogP contribution in [0.2, 0.25) is 0 Å². The number of para-hydroxylation sites is 1. The van der Waals surface area contributed by atoms with Gasteiger partial charge in [0.1, 0.15) is 5.75 Å². The standard InChI is InChI=1S/C22H32N4O3/c1-23-22(24-14-16-11-12-20(28-5)21(13-16)29-6)25-15-18(26(2)3)17-9-7-8-10-19(17)27-4/h7-13,18H,14-15H2,1-6H3,(H2,23,24,25). The Labute approximate surface area is 173 Å². The number of benzene rings is 2. The molecule has 2 N–H and O–H groups in total. The highest BCUT2D eigenvalue weighted by Gasteiger charge is 2.18. The number of nitrogens with zero attached hydrogens (tertiary/aromatic N) is 2. The van der Waals surface area contributed by atoms with Crippen molar-refractivity contribution in [2.45, 2.75) is 12.6 Å². The maximum atomic E-state index is 5.53. The van der Waals surface area contributed by atoms with E-state index in [9.17, 15) is 0 Å². The molecule has 0 amide bonds. The Hall–Kier alpha value is -2.93. The fourth-order valence-electron chi connectivity index (χ4n) is 3.10. The molecule has 0 aliphatic rings. The Balaban J connectivity index is 2.02. The number of likely N-dealkylation sites (N-methyl/N-ethyl adjacent to an activating group) is 1. The largest absolute Gasteiger partial charge is 0.496 e. The molecule has 0 aliphatic carbocycles. The van der Waals surface area contributed by atoms with Crippen LogP contribution in [0, 0.1) is 0 Å². The van der Waals surface area contributed by atoms with Crippen LogP contribution < -0.4 is 24.8 Å². The van der Waals surface area contributed by atoms with Crippen LogP contribution >= 0.6 is 0 Å². The summed E-state index contributed by atoms with van der Waals surface area (Å²) in [6.07, 6.45) is 0. The lowest BCUT2D eigenvalue weighted by molar-refractivity contribution is 0.287. The van der Waals surface area contributed by atoms with E-state index in [0.717, 1.165) is 22.8 Å². The predicted molar refractivity (Wildman–Crippen MR) is 117 cm³/mol. The van der Waals surface area contributed by atoms with Crippen molar-refractivity contribution in [2.75, 3.05) is 49.0 Å². The SMILES string of the molecule is CN=C(NCc1ccc(OC)c(OC)c1)NCC(c1ccccc1OC)N(C)C. The molecule has 158 valence electrons. The smallest absolute Gasteiger partial charge is 0.191 e. The van der Waals surface area contributed by atoms with Crippen LogP contribution in [0.3, 0.4) is 0 Å². The molecule has 0 saturated heterocycles. The van der Waals surface area contributed by atoms with Gasteiger partial charge in [0.15, 0.2) is 17.5 Å². The first-order valence-corrected chi connectivity index (χ1v) is 9.48. The van der Waals surface area contributed by atoms with Crippen LogP contribution in [-0.2, 0) is 6.54 Å². The average molecular weight is 401 g/mol. The number of hydrogen-bond acceptors (Lipinski definition) is 5. The van der Waals surface area contributed by atoms with Crippen molar-refractivity contribution in [3.63, 3.8) is 0 Å². The fourth-order valence-corrected chi connectivity index (χ4v) is 3.10. The van der Waals surface area contributed by atoms with E-state index in [1.807, 2.05) is 36.4 Å². The van der Waals surface area contributed by atoms with Crippen molar-refractivity contribution in [1.29, 1.82) is 0 Å². The molecule has 2 aromatic rings. The third-order valence-electron chi connectivity index (χ3n) is 4.72. The molecule has 1 unspecified atom stereocenters. The minimum Gasteiger partial charge on any atom is -0.496 e. The van der Waals surface area contributed by atoms with Gasteiger partial charge in [0.2, 0.25) is 0 Å². The fraction of sp³-hybridized carbons (Fsp3) is 0.409. The van der Waals surface area contributed by atoms with Gasteiger partial charge in [-0.1, -0.05) is 24.3 Å². The van der Waals surface area contributed by atoms with Gasteiger partial charge in [-0.25, -0.2) is 0 Å². The van der Waals surface area contributed by atoms with Crippen LogP contribution in [0.15, 0.2) is 47.5 Å². The number of methoxy groups -OCH3 is 3. The molecule has 29 heavy (non-hydrogen) atoms. The second-order valence-corrected chi connectivity index (χ2v) is 6.72. The molecule has 0 aromatic heterocycles. The summed E-state index contributed by atoms with van der Waals surface area (Å²) in [5.74, 6) is 3.02. The predicted octanol–water partition coefficient (Wildman–Crippen LogP) is 2.68. The van der Waals surface area contributed by atoms with Gasteiger partial charge in [-0.3, -0.25) is 4.99 Å². The first-order valence-electron chi connectivity index (χ1n) is 9.48. The van der Waals surface area contributed by atoms with E-state index in [4.69, 9.17) is 14.2 Å². The molecule has 0 aliphatic heterocycles. The number of ether oxygens (including phenoxy) is 3. The monoisotopic (exact) mass is 400 g/mol. The number of guanidine groups is 1. The zero-order chi connectivity index (χ0) is 21.2. The molecule has 7 heteroatoms. The third-order valence-corrected chi connectivity index (χ3v) is 4.72. The van der Waals surface area contributed by atoms with Crippen molar-refractivity contribution in [2.24, 2.45) is 4.99 Å². The summed E-state index contributed by atoms with van der Waals surface area (Å²) < 4.78 is 16.2. The van der Waals surface area contributed by atoms with E-state index >= 15 is 0 Å². The maximum Gasteiger partial charge on any atom is 0.191 e. The molecule has 1 atom stereocenters. The Morgan fingerprint density at radius 1 is 0.931 bits per heavy atom. The quantitative estimate of drug-likeness (QED) is 0.498. The third kappa shape index (κ3) is 6.02. The van der Waals surface area contributed by atoms with E-state index in [2.05, 4.69) is 40.7 Å². The van der Waals surface area contributed by atoms with Crippen LogP contribution in [0.25, 0.3) is 0 Å².